The fourth-order valence-corrected chi connectivity index (χ4v) is 4.24. The summed E-state index contributed by atoms with van der Waals surface area (Å²) in [5, 5.41) is 4.17. The van der Waals surface area contributed by atoms with Gasteiger partial charge in [0.2, 0.25) is 5.91 Å². The third-order valence-corrected chi connectivity index (χ3v) is 5.74. The van der Waals surface area contributed by atoms with Gasteiger partial charge in [-0.25, -0.2) is 4.79 Å². The van der Waals surface area contributed by atoms with E-state index in [0.717, 1.165) is 48.8 Å². The van der Waals surface area contributed by atoms with E-state index in [9.17, 15) is 9.59 Å². The molecule has 1 saturated heterocycles. The summed E-state index contributed by atoms with van der Waals surface area (Å²) in [5.74, 6) is 0.777. The van der Waals surface area contributed by atoms with E-state index in [1.54, 1.807) is 6.20 Å². The smallest absolute Gasteiger partial charge is 0.315 e. The molecule has 0 bridgehead atoms. The van der Waals surface area contributed by atoms with E-state index < -0.39 is 12.1 Å². The molecule has 1 atom stereocenters. The third-order valence-electron chi connectivity index (χ3n) is 5.74. The van der Waals surface area contributed by atoms with Crippen LogP contribution >= 0.6 is 0 Å². The molecule has 2 heterocycles. The van der Waals surface area contributed by atoms with Crippen molar-refractivity contribution in [2.45, 2.75) is 56.7 Å². The molecule has 4 rings (SSSR count). The van der Waals surface area contributed by atoms with Gasteiger partial charge in [0.15, 0.2) is 0 Å². The standard InChI is InChI=1S/C21H26N4O3/c22-21(27)25-12-2-4-19(25)20(26)24-15-5-7-16(8-6-15)28-17-9-10-18-14(13-17)3-1-11-23-18/h1,3,9-11,13,15-16,19H,2,4-8,12H2,(H2,22,27)(H,24,26)/t15?,16?,19-/m0/s1. The molecule has 7 nitrogen and oxygen atoms in total. The van der Waals surface area contributed by atoms with Crippen LogP contribution in [-0.4, -0.2) is 46.6 Å². The molecule has 28 heavy (non-hydrogen) atoms. The Morgan fingerprint density at radius 2 is 1.96 bits per heavy atom. The Balaban J connectivity index is 1.28. The number of rotatable bonds is 4. The van der Waals surface area contributed by atoms with Gasteiger partial charge in [-0.15, -0.1) is 0 Å². The number of carbonyl (C=O) groups is 2. The summed E-state index contributed by atoms with van der Waals surface area (Å²) in [4.78, 5) is 29.8. The minimum atomic E-state index is -0.514. The van der Waals surface area contributed by atoms with E-state index >= 15 is 0 Å². The van der Waals surface area contributed by atoms with Crippen LogP contribution in [0.1, 0.15) is 38.5 Å². The number of amides is 3. The number of carbonyl (C=O) groups excluding carboxylic acids is 2. The second-order valence-electron chi connectivity index (χ2n) is 7.65. The monoisotopic (exact) mass is 382 g/mol. The molecule has 2 aromatic rings. The van der Waals surface area contributed by atoms with E-state index in [0.29, 0.717) is 13.0 Å². The molecule has 0 spiro atoms. The van der Waals surface area contributed by atoms with Crippen molar-refractivity contribution in [2.24, 2.45) is 5.73 Å². The summed E-state index contributed by atoms with van der Waals surface area (Å²) in [7, 11) is 0. The van der Waals surface area contributed by atoms with Crippen molar-refractivity contribution in [2.75, 3.05) is 6.54 Å². The maximum atomic E-state index is 12.5. The Bertz CT molecular complexity index is 864. The average Bonchev–Trinajstić information content (AvgIpc) is 3.20. The highest BCUT2D eigenvalue weighted by Crippen LogP contribution is 2.26. The van der Waals surface area contributed by atoms with E-state index in [1.807, 2.05) is 30.3 Å². The van der Waals surface area contributed by atoms with Gasteiger partial charge in [-0.2, -0.15) is 0 Å². The summed E-state index contributed by atoms with van der Waals surface area (Å²) in [5.41, 5.74) is 6.33. The van der Waals surface area contributed by atoms with Gasteiger partial charge in [-0.1, -0.05) is 6.07 Å². The van der Waals surface area contributed by atoms with E-state index in [2.05, 4.69) is 10.3 Å². The number of hydrogen-bond acceptors (Lipinski definition) is 4. The summed E-state index contributed by atoms with van der Waals surface area (Å²) >= 11 is 0. The Labute approximate surface area is 164 Å². The summed E-state index contributed by atoms with van der Waals surface area (Å²) in [6.45, 7) is 0.565. The molecule has 0 radical (unpaired) electrons. The molecule has 1 aliphatic carbocycles. The van der Waals surface area contributed by atoms with E-state index in [4.69, 9.17) is 10.5 Å². The average molecular weight is 382 g/mol. The number of urea groups is 1. The first kappa shape index (κ1) is 18.5. The van der Waals surface area contributed by atoms with Crippen molar-refractivity contribution in [1.29, 1.82) is 0 Å². The maximum absolute atomic E-state index is 12.5. The van der Waals surface area contributed by atoms with Crippen LogP contribution in [0.25, 0.3) is 10.9 Å². The van der Waals surface area contributed by atoms with Gasteiger partial charge in [-0.05, 0) is 62.8 Å². The van der Waals surface area contributed by atoms with Crippen molar-refractivity contribution in [1.82, 2.24) is 15.2 Å². The van der Waals surface area contributed by atoms with Gasteiger partial charge in [-0.3, -0.25) is 9.78 Å². The number of primary amides is 1. The fourth-order valence-electron chi connectivity index (χ4n) is 4.24. The van der Waals surface area contributed by atoms with Crippen molar-refractivity contribution < 1.29 is 14.3 Å². The lowest BCUT2D eigenvalue weighted by molar-refractivity contribution is -0.125. The third kappa shape index (κ3) is 4.03. The second-order valence-corrected chi connectivity index (χ2v) is 7.65. The Morgan fingerprint density at radius 1 is 1.14 bits per heavy atom. The molecule has 3 N–H and O–H groups in total. The molecular weight excluding hydrogens is 356 g/mol. The molecule has 1 aromatic heterocycles. The minimum Gasteiger partial charge on any atom is -0.490 e. The second kappa shape index (κ2) is 8.04. The molecule has 1 aromatic carbocycles. The van der Waals surface area contributed by atoms with Gasteiger partial charge in [0, 0.05) is 24.2 Å². The number of aromatic nitrogens is 1. The Hall–Kier alpha value is -2.83. The molecule has 1 aliphatic heterocycles. The van der Waals surface area contributed by atoms with Crippen molar-refractivity contribution in [3.63, 3.8) is 0 Å². The zero-order chi connectivity index (χ0) is 19.5. The van der Waals surface area contributed by atoms with E-state index in [1.165, 1.54) is 4.90 Å². The van der Waals surface area contributed by atoms with Gasteiger partial charge >= 0.3 is 6.03 Å². The quantitative estimate of drug-likeness (QED) is 0.849. The summed E-state index contributed by atoms with van der Waals surface area (Å²) in [6.07, 6.45) is 6.96. The normalized spacial score (nSPS) is 24.9. The number of nitrogens with zero attached hydrogens (tertiary/aromatic N) is 2. The zero-order valence-electron chi connectivity index (χ0n) is 15.8. The Kier molecular flexibility index (Phi) is 5.32. The molecule has 0 unspecified atom stereocenters. The van der Waals surface area contributed by atoms with Crippen molar-refractivity contribution in [3.05, 3.63) is 36.5 Å². The first-order valence-corrected chi connectivity index (χ1v) is 9.98. The number of fused-ring (bicyclic) bond motifs is 1. The zero-order valence-corrected chi connectivity index (χ0v) is 15.8. The minimum absolute atomic E-state index is 0.0808. The first-order valence-electron chi connectivity index (χ1n) is 9.98. The highest BCUT2D eigenvalue weighted by atomic mass is 16.5. The van der Waals surface area contributed by atoms with Gasteiger partial charge < -0.3 is 20.7 Å². The highest BCUT2D eigenvalue weighted by Gasteiger charge is 2.34. The molecule has 1 saturated carbocycles. The van der Waals surface area contributed by atoms with Crippen LogP contribution in [0.5, 0.6) is 5.75 Å². The molecule has 2 aliphatic rings. The van der Waals surface area contributed by atoms with Crippen LogP contribution in [0.15, 0.2) is 36.5 Å². The predicted molar refractivity (Wildman–Crippen MR) is 106 cm³/mol. The van der Waals surface area contributed by atoms with Crippen LogP contribution in [0.4, 0.5) is 4.79 Å². The maximum Gasteiger partial charge on any atom is 0.315 e. The number of nitrogens with one attached hydrogen (secondary N) is 1. The number of pyridine rings is 1. The summed E-state index contributed by atoms with van der Waals surface area (Å²) in [6, 6.07) is 9.10. The number of benzene rings is 1. The van der Waals surface area contributed by atoms with Crippen LogP contribution in [0.2, 0.25) is 0 Å². The Morgan fingerprint density at radius 3 is 2.75 bits per heavy atom. The topological polar surface area (TPSA) is 97.6 Å². The predicted octanol–water partition coefficient (Wildman–Crippen LogP) is 2.58. The van der Waals surface area contributed by atoms with Gasteiger partial charge in [0.1, 0.15) is 11.8 Å². The molecule has 2 fully saturated rings. The molecular formula is C21H26N4O3. The molecule has 7 heteroatoms. The van der Waals surface area contributed by atoms with Gasteiger partial charge in [0.25, 0.3) is 0 Å². The van der Waals surface area contributed by atoms with Crippen LogP contribution in [0.3, 0.4) is 0 Å². The lowest BCUT2D eigenvalue weighted by Gasteiger charge is -2.31. The van der Waals surface area contributed by atoms with E-state index in [-0.39, 0.29) is 18.1 Å². The number of hydrogen-bond donors (Lipinski definition) is 2. The number of ether oxygens (including phenoxy) is 1. The SMILES string of the molecule is NC(=O)N1CCC[C@H]1C(=O)NC1CCC(Oc2ccc3ncccc3c2)CC1. The molecule has 148 valence electrons. The van der Waals surface area contributed by atoms with Crippen molar-refractivity contribution >= 4 is 22.8 Å². The molecule has 3 amide bonds. The van der Waals surface area contributed by atoms with Crippen LogP contribution < -0.4 is 15.8 Å². The van der Waals surface area contributed by atoms with Crippen LogP contribution in [0, 0.1) is 0 Å². The largest absolute Gasteiger partial charge is 0.490 e. The highest BCUT2D eigenvalue weighted by molar-refractivity contribution is 5.87. The number of likely N-dealkylation sites (tertiary alicyclic amines) is 1. The van der Waals surface area contributed by atoms with Crippen molar-refractivity contribution in [3.8, 4) is 5.75 Å². The first-order chi connectivity index (χ1) is 13.6. The fraction of sp³-hybridized carbons (Fsp3) is 0.476. The van der Waals surface area contributed by atoms with Gasteiger partial charge in [0.05, 0.1) is 11.6 Å². The number of nitrogens with two attached hydrogens (primary N) is 1. The van der Waals surface area contributed by atoms with Crippen LogP contribution in [-0.2, 0) is 4.79 Å². The lowest BCUT2D eigenvalue weighted by atomic mass is 9.92. The lowest BCUT2D eigenvalue weighted by Crippen LogP contribution is -2.51. The summed E-state index contributed by atoms with van der Waals surface area (Å²) < 4.78 is 6.16.